The van der Waals surface area contributed by atoms with Crippen molar-refractivity contribution in [1.82, 2.24) is 10.9 Å². The SMILES string of the molecule is COCC(=O)NNC(=O)CNc1ccc(C)cc1. The molecule has 0 aliphatic rings. The third kappa shape index (κ3) is 5.31. The Hall–Kier alpha value is -2.08. The molecule has 1 aromatic carbocycles. The predicted molar refractivity (Wildman–Crippen MR) is 67.8 cm³/mol. The first-order valence-electron chi connectivity index (χ1n) is 5.49. The maximum Gasteiger partial charge on any atom is 0.264 e. The van der Waals surface area contributed by atoms with Crippen LogP contribution in [0.1, 0.15) is 5.56 Å². The molecule has 0 saturated heterocycles. The van der Waals surface area contributed by atoms with Crippen molar-refractivity contribution < 1.29 is 14.3 Å². The van der Waals surface area contributed by atoms with Crippen molar-refractivity contribution in [2.75, 3.05) is 25.6 Å². The Morgan fingerprint density at radius 1 is 1.11 bits per heavy atom. The van der Waals surface area contributed by atoms with Gasteiger partial charge in [0.2, 0.25) is 0 Å². The van der Waals surface area contributed by atoms with Crippen molar-refractivity contribution in [3.8, 4) is 0 Å². The summed E-state index contributed by atoms with van der Waals surface area (Å²) in [5.41, 5.74) is 6.49. The summed E-state index contributed by atoms with van der Waals surface area (Å²) in [5.74, 6) is -0.735. The molecular formula is C12H17N3O3. The molecule has 0 radical (unpaired) electrons. The number of hydrazine groups is 1. The van der Waals surface area contributed by atoms with E-state index >= 15 is 0 Å². The number of benzene rings is 1. The summed E-state index contributed by atoms with van der Waals surface area (Å²) in [4.78, 5) is 22.4. The third-order valence-electron chi connectivity index (χ3n) is 2.12. The molecule has 2 amide bonds. The van der Waals surface area contributed by atoms with Gasteiger partial charge in [0.15, 0.2) is 0 Å². The van der Waals surface area contributed by atoms with Gasteiger partial charge in [-0.05, 0) is 19.1 Å². The van der Waals surface area contributed by atoms with Gasteiger partial charge in [-0.3, -0.25) is 20.4 Å². The summed E-state index contributed by atoms with van der Waals surface area (Å²) >= 11 is 0. The zero-order chi connectivity index (χ0) is 13.4. The number of rotatable bonds is 5. The topological polar surface area (TPSA) is 79.5 Å². The van der Waals surface area contributed by atoms with E-state index in [0.717, 1.165) is 11.3 Å². The Bertz CT molecular complexity index is 404. The summed E-state index contributed by atoms with van der Waals surface area (Å²) in [6.07, 6.45) is 0. The maximum atomic E-state index is 11.4. The van der Waals surface area contributed by atoms with Gasteiger partial charge in [0.1, 0.15) is 6.61 Å². The number of nitrogens with one attached hydrogen (secondary N) is 3. The molecule has 0 saturated carbocycles. The van der Waals surface area contributed by atoms with E-state index in [1.165, 1.54) is 7.11 Å². The first-order chi connectivity index (χ1) is 8.61. The van der Waals surface area contributed by atoms with Crippen molar-refractivity contribution in [2.24, 2.45) is 0 Å². The molecule has 0 heterocycles. The zero-order valence-electron chi connectivity index (χ0n) is 10.4. The Balaban J connectivity index is 2.24. The monoisotopic (exact) mass is 251 g/mol. The molecule has 98 valence electrons. The van der Waals surface area contributed by atoms with Crippen LogP contribution in [0, 0.1) is 6.92 Å². The van der Waals surface area contributed by atoms with E-state index < -0.39 is 5.91 Å². The number of amides is 2. The average molecular weight is 251 g/mol. The smallest absolute Gasteiger partial charge is 0.264 e. The van der Waals surface area contributed by atoms with Gasteiger partial charge in [0.25, 0.3) is 11.8 Å². The summed E-state index contributed by atoms with van der Waals surface area (Å²) in [6, 6.07) is 7.65. The highest BCUT2D eigenvalue weighted by molar-refractivity contribution is 5.84. The van der Waals surface area contributed by atoms with Crippen LogP contribution in [0.5, 0.6) is 0 Å². The molecule has 0 unspecified atom stereocenters. The number of hydrogen-bond acceptors (Lipinski definition) is 4. The Kier molecular flexibility index (Phi) is 5.66. The van der Waals surface area contributed by atoms with Crippen LogP contribution >= 0.6 is 0 Å². The van der Waals surface area contributed by atoms with Gasteiger partial charge in [0, 0.05) is 12.8 Å². The van der Waals surface area contributed by atoms with E-state index in [0.29, 0.717) is 0 Å². The van der Waals surface area contributed by atoms with Crippen molar-refractivity contribution in [3.63, 3.8) is 0 Å². The molecule has 1 aromatic rings. The fourth-order valence-corrected chi connectivity index (χ4v) is 1.20. The summed E-state index contributed by atoms with van der Waals surface area (Å²) < 4.78 is 4.60. The van der Waals surface area contributed by atoms with Crippen molar-refractivity contribution in [2.45, 2.75) is 6.92 Å². The Morgan fingerprint density at radius 2 is 1.72 bits per heavy atom. The van der Waals surface area contributed by atoms with Crippen LogP contribution in [0.3, 0.4) is 0 Å². The molecule has 18 heavy (non-hydrogen) atoms. The lowest BCUT2D eigenvalue weighted by molar-refractivity contribution is -0.130. The molecule has 6 heteroatoms. The Labute approximate surface area is 106 Å². The van der Waals surface area contributed by atoms with Gasteiger partial charge in [-0.25, -0.2) is 0 Å². The van der Waals surface area contributed by atoms with Crippen LogP contribution in [0.15, 0.2) is 24.3 Å². The molecule has 0 atom stereocenters. The molecular weight excluding hydrogens is 234 g/mol. The molecule has 0 aliphatic heterocycles. The fourth-order valence-electron chi connectivity index (χ4n) is 1.20. The van der Waals surface area contributed by atoms with E-state index in [1.807, 2.05) is 31.2 Å². The highest BCUT2D eigenvalue weighted by atomic mass is 16.5. The molecule has 0 aliphatic carbocycles. The second kappa shape index (κ2) is 7.29. The van der Waals surface area contributed by atoms with Gasteiger partial charge in [-0.15, -0.1) is 0 Å². The summed E-state index contributed by atoms with van der Waals surface area (Å²) in [7, 11) is 1.40. The molecule has 6 nitrogen and oxygen atoms in total. The minimum Gasteiger partial charge on any atom is -0.376 e. The second-order valence-electron chi connectivity index (χ2n) is 3.75. The molecule has 0 spiro atoms. The predicted octanol–water partition coefficient (Wildman–Crippen LogP) is 0.201. The van der Waals surface area contributed by atoms with Crippen LogP contribution < -0.4 is 16.2 Å². The normalized spacial score (nSPS) is 9.67. The number of carbonyl (C=O) groups excluding carboxylic acids is 2. The number of carbonyl (C=O) groups is 2. The van der Waals surface area contributed by atoms with E-state index in [2.05, 4.69) is 20.9 Å². The quantitative estimate of drug-likeness (QED) is 0.653. The number of hydrogen-bond donors (Lipinski definition) is 3. The van der Waals surface area contributed by atoms with Gasteiger partial charge < -0.3 is 10.1 Å². The van der Waals surface area contributed by atoms with Crippen molar-refractivity contribution in [1.29, 1.82) is 0 Å². The minimum atomic E-state index is -0.402. The standard InChI is InChI=1S/C12H17N3O3/c1-9-3-5-10(6-4-9)13-7-11(16)14-15-12(17)8-18-2/h3-6,13H,7-8H2,1-2H3,(H,14,16)(H,15,17). The van der Waals surface area contributed by atoms with Gasteiger partial charge in [-0.1, -0.05) is 17.7 Å². The van der Waals surface area contributed by atoms with Crippen LogP contribution in [0.4, 0.5) is 5.69 Å². The van der Waals surface area contributed by atoms with Gasteiger partial charge >= 0.3 is 0 Å². The molecule has 1 rings (SSSR count). The number of anilines is 1. The highest BCUT2D eigenvalue weighted by Gasteiger charge is 2.03. The maximum absolute atomic E-state index is 11.4. The van der Waals surface area contributed by atoms with Crippen LogP contribution in [0.2, 0.25) is 0 Å². The van der Waals surface area contributed by atoms with Crippen molar-refractivity contribution >= 4 is 17.5 Å². The molecule has 0 aromatic heterocycles. The van der Waals surface area contributed by atoms with Crippen LogP contribution in [-0.2, 0) is 14.3 Å². The zero-order valence-corrected chi connectivity index (χ0v) is 10.4. The molecule has 0 bridgehead atoms. The second-order valence-corrected chi connectivity index (χ2v) is 3.75. The first-order valence-corrected chi connectivity index (χ1v) is 5.49. The first kappa shape index (κ1) is 14.0. The van der Waals surface area contributed by atoms with Crippen molar-refractivity contribution in [3.05, 3.63) is 29.8 Å². The lowest BCUT2D eigenvalue weighted by atomic mass is 10.2. The minimum absolute atomic E-state index is 0.0797. The van der Waals surface area contributed by atoms with E-state index in [9.17, 15) is 9.59 Å². The lowest BCUT2D eigenvalue weighted by Crippen LogP contribution is -2.45. The third-order valence-corrected chi connectivity index (χ3v) is 2.12. The van der Waals surface area contributed by atoms with Gasteiger partial charge in [0.05, 0.1) is 6.54 Å². The van der Waals surface area contributed by atoms with E-state index in [1.54, 1.807) is 0 Å². The number of aryl methyl sites for hydroxylation is 1. The fraction of sp³-hybridized carbons (Fsp3) is 0.333. The summed E-state index contributed by atoms with van der Waals surface area (Å²) in [6.45, 7) is 1.98. The summed E-state index contributed by atoms with van der Waals surface area (Å²) in [5, 5.41) is 2.93. The highest BCUT2D eigenvalue weighted by Crippen LogP contribution is 2.07. The largest absolute Gasteiger partial charge is 0.376 e. The average Bonchev–Trinajstić information content (AvgIpc) is 2.36. The molecule has 0 fully saturated rings. The van der Waals surface area contributed by atoms with E-state index in [-0.39, 0.29) is 19.1 Å². The number of methoxy groups -OCH3 is 1. The van der Waals surface area contributed by atoms with Gasteiger partial charge in [-0.2, -0.15) is 0 Å². The van der Waals surface area contributed by atoms with Crippen LogP contribution in [-0.4, -0.2) is 32.1 Å². The number of ether oxygens (including phenoxy) is 1. The van der Waals surface area contributed by atoms with E-state index in [4.69, 9.17) is 0 Å². The lowest BCUT2D eigenvalue weighted by Gasteiger charge is -2.08. The Morgan fingerprint density at radius 3 is 2.33 bits per heavy atom. The molecule has 3 N–H and O–H groups in total. The van der Waals surface area contributed by atoms with Crippen LogP contribution in [0.25, 0.3) is 0 Å².